The quantitative estimate of drug-likeness (QED) is 0.738. The molecule has 0 aliphatic carbocycles. The second kappa shape index (κ2) is 4.35. The smallest absolute Gasteiger partial charge is 0.173 e. The number of halogens is 1. The number of carbonyl (C=O) groups excluding carboxylic acids is 1. The van der Waals surface area contributed by atoms with Gasteiger partial charge in [-0.3, -0.25) is 4.79 Å². The summed E-state index contributed by atoms with van der Waals surface area (Å²) in [5, 5.41) is 0. The van der Waals surface area contributed by atoms with Crippen LogP contribution in [0.2, 0.25) is 0 Å². The zero-order valence-electron chi connectivity index (χ0n) is 10.2. The molecular weight excluding hydrogens is 296 g/mol. The summed E-state index contributed by atoms with van der Waals surface area (Å²) in [5.41, 5.74) is 0.212. The van der Waals surface area contributed by atoms with Crippen molar-refractivity contribution in [2.24, 2.45) is 5.92 Å². The van der Waals surface area contributed by atoms with Crippen LogP contribution in [-0.4, -0.2) is 24.6 Å². The molecule has 0 aromatic heterocycles. The third-order valence-electron chi connectivity index (χ3n) is 3.94. The highest BCUT2D eigenvalue weighted by Crippen LogP contribution is 2.41. The number of hydrogen-bond acceptors (Lipinski definition) is 3. The molecule has 0 N–H and O–H groups in total. The normalized spacial score (nSPS) is 31.0. The van der Waals surface area contributed by atoms with E-state index < -0.39 is 5.60 Å². The van der Waals surface area contributed by atoms with E-state index in [2.05, 4.69) is 15.9 Å². The lowest BCUT2D eigenvalue weighted by Crippen LogP contribution is -2.54. The van der Waals surface area contributed by atoms with Crippen molar-refractivity contribution in [1.29, 1.82) is 0 Å². The Bertz CT molecular complexity index is 492. The fraction of sp³-hybridized carbons (Fsp3) is 0.500. The number of carbonyl (C=O) groups is 1. The minimum absolute atomic E-state index is 0.153. The second-order valence-corrected chi connectivity index (χ2v) is 5.97. The molecule has 0 radical (unpaired) electrons. The van der Waals surface area contributed by atoms with Gasteiger partial charge in [0, 0.05) is 11.1 Å². The Hall–Kier alpha value is -0.870. The largest absolute Gasteiger partial charge is 0.483 e. The molecule has 1 aromatic carbocycles. The summed E-state index contributed by atoms with van der Waals surface area (Å²) < 4.78 is 12.6. The number of ether oxygens (including phenoxy) is 2. The molecule has 1 fully saturated rings. The first-order valence-corrected chi connectivity index (χ1v) is 7.02. The molecule has 0 amide bonds. The van der Waals surface area contributed by atoms with Gasteiger partial charge in [-0.2, -0.15) is 0 Å². The third-order valence-corrected chi connectivity index (χ3v) is 4.43. The zero-order chi connectivity index (χ0) is 12.8. The maximum Gasteiger partial charge on any atom is 0.173 e. The van der Waals surface area contributed by atoms with Crippen molar-refractivity contribution < 1.29 is 14.3 Å². The molecule has 18 heavy (non-hydrogen) atoms. The molecule has 2 heterocycles. The van der Waals surface area contributed by atoms with E-state index in [1.807, 2.05) is 25.1 Å². The zero-order valence-corrected chi connectivity index (χ0v) is 11.8. The van der Waals surface area contributed by atoms with Crippen molar-refractivity contribution >= 4 is 21.7 Å². The highest BCUT2D eigenvalue weighted by molar-refractivity contribution is 9.10. The lowest BCUT2D eigenvalue weighted by molar-refractivity contribution is -0.0942. The van der Waals surface area contributed by atoms with Crippen LogP contribution in [0.4, 0.5) is 0 Å². The molecule has 1 aromatic rings. The molecule has 96 valence electrons. The van der Waals surface area contributed by atoms with Crippen LogP contribution in [0.25, 0.3) is 0 Å². The molecule has 0 bridgehead atoms. The Balaban J connectivity index is 2.04. The SMILES string of the molecule is CC1C(=O)c2cc(Br)ccc2OC12CCCOC2. The van der Waals surface area contributed by atoms with Crippen LogP contribution in [0.1, 0.15) is 30.1 Å². The van der Waals surface area contributed by atoms with E-state index in [4.69, 9.17) is 9.47 Å². The van der Waals surface area contributed by atoms with Gasteiger partial charge in [0.15, 0.2) is 5.78 Å². The van der Waals surface area contributed by atoms with Crippen molar-refractivity contribution in [3.63, 3.8) is 0 Å². The Morgan fingerprint density at radius 2 is 2.28 bits per heavy atom. The van der Waals surface area contributed by atoms with Gasteiger partial charge >= 0.3 is 0 Å². The maximum atomic E-state index is 12.5. The number of fused-ring (bicyclic) bond motifs is 1. The van der Waals surface area contributed by atoms with Gasteiger partial charge in [0.1, 0.15) is 11.4 Å². The van der Waals surface area contributed by atoms with E-state index in [-0.39, 0.29) is 11.7 Å². The fourth-order valence-electron chi connectivity index (χ4n) is 2.78. The van der Waals surface area contributed by atoms with E-state index in [1.165, 1.54) is 0 Å². The van der Waals surface area contributed by atoms with Gasteiger partial charge in [0.2, 0.25) is 0 Å². The monoisotopic (exact) mass is 310 g/mol. The molecule has 2 unspecified atom stereocenters. The summed E-state index contributed by atoms with van der Waals surface area (Å²) in [5.74, 6) is 0.689. The molecule has 1 spiro atoms. The predicted octanol–water partition coefficient (Wildman–Crippen LogP) is 3.21. The van der Waals surface area contributed by atoms with Gasteiger partial charge in [-0.1, -0.05) is 22.9 Å². The Morgan fingerprint density at radius 3 is 3.00 bits per heavy atom. The van der Waals surface area contributed by atoms with Crippen LogP contribution in [-0.2, 0) is 4.74 Å². The van der Waals surface area contributed by atoms with Crippen LogP contribution < -0.4 is 4.74 Å². The van der Waals surface area contributed by atoms with Crippen molar-refractivity contribution in [1.82, 2.24) is 0 Å². The minimum atomic E-state index is -0.462. The summed E-state index contributed by atoms with van der Waals surface area (Å²) >= 11 is 3.39. The van der Waals surface area contributed by atoms with Crippen LogP contribution in [0, 0.1) is 5.92 Å². The minimum Gasteiger partial charge on any atom is -0.483 e. The van der Waals surface area contributed by atoms with Crippen molar-refractivity contribution in [2.45, 2.75) is 25.4 Å². The van der Waals surface area contributed by atoms with Crippen molar-refractivity contribution in [2.75, 3.05) is 13.2 Å². The molecule has 3 nitrogen and oxygen atoms in total. The third kappa shape index (κ3) is 1.79. The number of Topliss-reactive ketones (excluding diaryl/α,β-unsaturated/α-hetero) is 1. The summed E-state index contributed by atoms with van der Waals surface area (Å²) in [6.45, 7) is 3.22. The van der Waals surface area contributed by atoms with Gasteiger partial charge in [0.05, 0.1) is 18.1 Å². The first-order chi connectivity index (χ1) is 8.62. The second-order valence-electron chi connectivity index (χ2n) is 5.05. The lowest BCUT2D eigenvalue weighted by atomic mass is 9.77. The summed E-state index contributed by atoms with van der Waals surface area (Å²) in [4.78, 5) is 12.5. The Labute approximate surface area is 115 Å². The molecular formula is C14H15BrO3. The Morgan fingerprint density at radius 1 is 1.44 bits per heavy atom. The number of hydrogen-bond donors (Lipinski definition) is 0. The molecule has 0 saturated carbocycles. The molecule has 2 aliphatic heterocycles. The fourth-order valence-corrected chi connectivity index (χ4v) is 3.14. The predicted molar refractivity (Wildman–Crippen MR) is 71.0 cm³/mol. The molecule has 4 heteroatoms. The van der Waals surface area contributed by atoms with Crippen molar-refractivity contribution in [3.05, 3.63) is 28.2 Å². The van der Waals surface area contributed by atoms with E-state index in [9.17, 15) is 4.79 Å². The standard InChI is InChI=1S/C14H15BrO3/c1-9-13(16)11-7-10(15)3-4-12(11)18-14(9)5-2-6-17-8-14/h3-4,7,9H,2,5-6,8H2,1H3. The van der Waals surface area contributed by atoms with E-state index >= 15 is 0 Å². The van der Waals surface area contributed by atoms with Gasteiger partial charge in [-0.05, 0) is 31.0 Å². The number of benzene rings is 1. The average Bonchev–Trinajstić information content (AvgIpc) is 2.39. The molecule has 3 rings (SSSR count). The first-order valence-electron chi connectivity index (χ1n) is 6.23. The topological polar surface area (TPSA) is 35.5 Å². The van der Waals surface area contributed by atoms with Gasteiger partial charge in [0.25, 0.3) is 0 Å². The van der Waals surface area contributed by atoms with Gasteiger partial charge in [-0.15, -0.1) is 0 Å². The van der Waals surface area contributed by atoms with Crippen LogP contribution in [0.3, 0.4) is 0 Å². The van der Waals surface area contributed by atoms with Crippen LogP contribution in [0.5, 0.6) is 5.75 Å². The van der Waals surface area contributed by atoms with Gasteiger partial charge < -0.3 is 9.47 Å². The Kier molecular flexibility index (Phi) is 2.94. The number of rotatable bonds is 0. The summed E-state index contributed by atoms with van der Waals surface area (Å²) in [6.07, 6.45) is 1.83. The lowest BCUT2D eigenvalue weighted by Gasteiger charge is -2.44. The van der Waals surface area contributed by atoms with Gasteiger partial charge in [-0.25, -0.2) is 0 Å². The summed E-state index contributed by atoms with van der Waals surface area (Å²) in [6, 6.07) is 5.60. The van der Waals surface area contributed by atoms with E-state index in [0.29, 0.717) is 17.9 Å². The van der Waals surface area contributed by atoms with E-state index in [1.54, 1.807) is 0 Å². The average molecular weight is 311 g/mol. The van der Waals surface area contributed by atoms with E-state index in [0.717, 1.165) is 23.9 Å². The summed E-state index contributed by atoms with van der Waals surface area (Å²) in [7, 11) is 0. The highest BCUT2D eigenvalue weighted by atomic mass is 79.9. The molecule has 2 atom stereocenters. The van der Waals surface area contributed by atoms with Crippen molar-refractivity contribution in [3.8, 4) is 5.75 Å². The van der Waals surface area contributed by atoms with Crippen LogP contribution >= 0.6 is 15.9 Å². The highest BCUT2D eigenvalue weighted by Gasteiger charge is 2.48. The number of ketones is 1. The maximum absolute atomic E-state index is 12.5. The molecule has 2 aliphatic rings. The first kappa shape index (κ1) is 12.2. The molecule has 1 saturated heterocycles. The van der Waals surface area contributed by atoms with Crippen LogP contribution in [0.15, 0.2) is 22.7 Å².